The van der Waals surface area contributed by atoms with Crippen LogP contribution in [0.4, 0.5) is 0 Å². The second-order valence-corrected chi connectivity index (χ2v) is 3.21. The van der Waals surface area contributed by atoms with Gasteiger partial charge in [0.1, 0.15) is 5.92 Å². The summed E-state index contributed by atoms with van der Waals surface area (Å²) in [5.74, 6) is -1.47. The van der Waals surface area contributed by atoms with Crippen molar-refractivity contribution in [1.82, 2.24) is 0 Å². The summed E-state index contributed by atoms with van der Waals surface area (Å²) in [6.45, 7) is 1.83. The first kappa shape index (κ1) is 10.3. The van der Waals surface area contributed by atoms with E-state index in [0.717, 1.165) is 5.56 Å². The molecule has 72 valence electrons. The quantitative estimate of drug-likeness (QED) is 0.779. The van der Waals surface area contributed by atoms with E-state index in [1.165, 1.54) is 0 Å². The van der Waals surface area contributed by atoms with E-state index < -0.39 is 11.8 Å². The minimum Gasteiger partial charge on any atom is -0.369 e. The van der Waals surface area contributed by atoms with Crippen LogP contribution in [-0.2, 0) is 4.79 Å². The minimum atomic E-state index is -0.752. The van der Waals surface area contributed by atoms with Gasteiger partial charge in [-0.25, -0.2) is 0 Å². The molecule has 1 aromatic carbocycles. The molecule has 3 heteroatoms. The first-order valence-electron chi connectivity index (χ1n) is 4.40. The average molecular weight is 188 g/mol. The molecule has 2 unspecified atom stereocenters. The Labute approximate surface area is 83.2 Å². The molecule has 1 amide bonds. The van der Waals surface area contributed by atoms with Gasteiger partial charge in [0.05, 0.1) is 6.07 Å². The third-order valence-electron chi connectivity index (χ3n) is 2.27. The Morgan fingerprint density at radius 2 is 2.00 bits per heavy atom. The molecule has 0 heterocycles. The molecule has 0 radical (unpaired) electrons. The minimum absolute atomic E-state index is 0.154. The number of rotatable bonds is 3. The molecule has 0 aromatic heterocycles. The normalized spacial score (nSPS) is 14.0. The fourth-order valence-corrected chi connectivity index (χ4v) is 1.37. The van der Waals surface area contributed by atoms with Crippen LogP contribution in [0.1, 0.15) is 18.4 Å². The number of primary amides is 1. The maximum atomic E-state index is 10.9. The monoisotopic (exact) mass is 188 g/mol. The van der Waals surface area contributed by atoms with Gasteiger partial charge in [-0.05, 0) is 5.56 Å². The zero-order valence-corrected chi connectivity index (χ0v) is 7.97. The van der Waals surface area contributed by atoms with Crippen LogP contribution in [-0.4, -0.2) is 5.91 Å². The second-order valence-electron chi connectivity index (χ2n) is 3.21. The molecule has 0 aliphatic rings. The van der Waals surface area contributed by atoms with E-state index in [1.807, 2.05) is 43.3 Å². The van der Waals surface area contributed by atoms with E-state index >= 15 is 0 Å². The predicted molar refractivity (Wildman–Crippen MR) is 53.2 cm³/mol. The Hall–Kier alpha value is -1.82. The van der Waals surface area contributed by atoms with E-state index in [1.54, 1.807) is 0 Å². The van der Waals surface area contributed by atoms with Gasteiger partial charge in [0.25, 0.3) is 0 Å². The molecular weight excluding hydrogens is 176 g/mol. The molecule has 0 spiro atoms. The third kappa shape index (κ3) is 2.11. The lowest BCUT2D eigenvalue weighted by Crippen LogP contribution is -2.26. The molecule has 0 bridgehead atoms. The van der Waals surface area contributed by atoms with Gasteiger partial charge in [0.15, 0.2) is 0 Å². The number of hydrogen-bond acceptors (Lipinski definition) is 2. The first-order chi connectivity index (χ1) is 6.66. The fourth-order valence-electron chi connectivity index (χ4n) is 1.37. The van der Waals surface area contributed by atoms with Crippen molar-refractivity contribution in [3.8, 4) is 6.07 Å². The van der Waals surface area contributed by atoms with Crippen LogP contribution in [0.5, 0.6) is 0 Å². The van der Waals surface area contributed by atoms with Crippen molar-refractivity contribution < 1.29 is 4.79 Å². The highest BCUT2D eigenvalue weighted by molar-refractivity contribution is 5.80. The van der Waals surface area contributed by atoms with Crippen molar-refractivity contribution >= 4 is 5.91 Å². The average Bonchev–Trinajstić information content (AvgIpc) is 2.19. The number of carbonyl (C=O) groups excluding carboxylic acids is 1. The number of nitriles is 1. The van der Waals surface area contributed by atoms with Crippen molar-refractivity contribution in [1.29, 1.82) is 5.26 Å². The zero-order valence-electron chi connectivity index (χ0n) is 7.97. The van der Waals surface area contributed by atoms with Crippen LogP contribution >= 0.6 is 0 Å². The van der Waals surface area contributed by atoms with Gasteiger partial charge in [-0.3, -0.25) is 4.79 Å². The molecule has 0 fully saturated rings. The van der Waals surface area contributed by atoms with Gasteiger partial charge >= 0.3 is 0 Å². The Morgan fingerprint density at radius 3 is 2.43 bits per heavy atom. The summed E-state index contributed by atoms with van der Waals surface area (Å²) in [4.78, 5) is 10.9. The molecule has 2 atom stereocenters. The van der Waals surface area contributed by atoms with E-state index in [4.69, 9.17) is 11.0 Å². The second kappa shape index (κ2) is 4.43. The Morgan fingerprint density at radius 1 is 1.43 bits per heavy atom. The van der Waals surface area contributed by atoms with Crippen molar-refractivity contribution in [2.24, 2.45) is 11.7 Å². The van der Waals surface area contributed by atoms with Gasteiger partial charge in [-0.15, -0.1) is 0 Å². The molecule has 3 nitrogen and oxygen atoms in total. The van der Waals surface area contributed by atoms with Crippen LogP contribution in [0.15, 0.2) is 30.3 Å². The molecular formula is C11H12N2O. The van der Waals surface area contributed by atoms with Gasteiger partial charge in [-0.1, -0.05) is 37.3 Å². The highest BCUT2D eigenvalue weighted by atomic mass is 16.1. The lowest BCUT2D eigenvalue weighted by Gasteiger charge is -2.14. The first-order valence-corrected chi connectivity index (χ1v) is 4.40. The maximum absolute atomic E-state index is 10.9. The van der Waals surface area contributed by atoms with E-state index in [-0.39, 0.29) is 5.92 Å². The molecule has 2 N–H and O–H groups in total. The summed E-state index contributed by atoms with van der Waals surface area (Å²) < 4.78 is 0. The number of nitrogens with two attached hydrogens (primary N) is 1. The molecule has 0 saturated heterocycles. The highest BCUT2D eigenvalue weighted by Gasteiger charge is 2.23. The predicted octanol–water partition coefficient (Wildman–Crippen LogP) is 1.42. The number of amides is 1. The topological polar surface area (TPSA) is 66.9 Å². The third-order valence-corrected chi connectivity index (χ3v) is 2.27. The SMILES string of the molecule is CC(c1ccccc1)C(C#N)C(N)=O. The van der Waals surface area contributed by atoms with Crippen LogP contribution in [0, 0.1) is 17.2 Å². The van der Waals surface area contributed by atoms with Crippen molar-refractivity contribution in [2.45, 2.75) is 12.8 Å². The van der Waals surface area contributed by atoms with Crippen LogP contribution in [0.2, 0.25) is 0 Å². The van der Waals surface area contributed by atoms with E-state index in [0.29, 0.717) is 0 Å². The molecule has 1 rings (SSSR count). The molecule has 0 aliphatic heterocycles. The van der Waals surface area contributed by atoms with Crippen molar-refractivity contribution in [3.63, 3.8) is 0 Å². The zero-order chi connectivity index (χ0) is 10.6. The standard InChI is InChI=1S/C11H12N2O/c1-8(10(7-12)11(13)14)9-5-3-2-4-6-9/h2-6,8,10H,1H3,(H2,13,14). The lowest BCUT2D eigenvalue weighted by molar-refractivity contribution is -0.120. The van der Waals surface area contributed by atoms with Gasteiger partial charge in [0.2, 0.25) is 5.91 Å². The number of carbonyl (C=O) groups is 1. The largest absolute Gasteiger partial charge is 0.369 e. The molecule has 14 heavy (non-hydrogen) atoms. The molecule has 1 aromatic rings. The number of hydrogen-bond donors (Lipinski definition) is 1. The highest BCUT2D eigenvalue weighted by Crippen LogP contribution is 2.23. The summed E-state index contributed by atoms with van der Waals surface area (Å²) in [5.41, 5.74) is 6.08. The van der Waals surface area contributed by atoms with Crippen molar-refractivity contribution in [2.75, 3.05) is 0 Å². The summed E-state index contributed by atoms with van der Waals surface area (Å²) in [7, 11) is 0. The maximum Gasteiger partial charge on any atom is 0.235 e. The lowest BCUT2D eigenvalue weighted by atomic mass is 9.88. The van der Waals surface area contributed by atoms with E-state index in [9.17, 15) is 4.79 Å². The van der Waals surface area contributed by atoms with Gasteiger partial charge in [-0.2, -0.15) is 5.26 Å². The molecule has 0 aliphatic carbocycles. The summed E-state index contributed by atoms with van der Waals surface area (Å²) in [6, 6.07) is 11.3. The smallest absolute Gasteiger partial charge is 0.235 e. The van der Waals surface area contributed by atoms with Crippen LogP contribution in [0.3, 0.4) is 0 Å². The summed E-state index contributed by atoms with van der Waals surface area (Å²) >= 11 is 0. The van der Waals surface area contributed by atoms with Crippen molar-refractivity contribution in [3.05, 3.63) is 35.9 Å². The van der Waals surface area contributed by atoms with E-state index in [2.05, 4.69) is 0 Å². The Bertz CT molecular complexity index is 353. The summed E-state index contributed by atoms with van der Waals surface area (Å²) in [6.07, 6.45) is 0. The Balaban J connectivity index is 2.90. The van der Waals surface area contributed by atoms with Crippen LogP contribution < -0.4 is 5.73 Å². The fraction of sp³-hybridized carbons (Fsp3) is 0.273. The Kier molecular flexibility index (Phi) is 3.24. The van der Waals surface area contributed by atoms with Gasteiger partial charge in [0, 0.05) is 5.92 Å². The summed E-state index contributed by atoms with van der Waals surface area (Å²) in [5, 5.41) is 8.78. The number of benzene rings is 1. The van der Waals surface area contributed by atoms with Crippen LogP contribution in [0.25, 0.3) is 0 Å². The number of nitrogens with zero attached hydrogens (tertiary/aromatic N) is 1. The molecule has 0 saturated carbocycles. The van der Waals surface area contributed by atoms with Gasteiger partial charge < -0.3 is 5.73 Å².